The van der Waals surface area contributed by atoms with Crippen LogP contribution in [0.2, 0.25) is 0 Å². The molecule has 1 amide bonds. The molecule has 0 spiro atoms. The van der Waals surface area contributed by atoms with Gasteiger partial charge in [0.1, 0.15) is 0 Å². The summed E-state index contributed by atoms with van der Waals surface area (Å²) in [6.07, 6.45) is 2.09. The molecule has 1 aliphatic heterocycles. The van der Waals surface area contributed by atoms with Crippen molar-refractivity contribution in [2.24, 2.45) is 5.41 Å². The van der Waals surface area contributed by atoms with Gasteiger partial charge < -0.3 is 19.5 Å². The molecule has 148 valence electrons. The number of benzene rings is 1. The Morgan fingerprint density at radius 3 is 2.63 bits per heavy atom. The minimum Gasteiger partial charge on any atom is -0.493 e. The highest BCUT2D eigenvalue weighted by Gasteiger charge is 2.39. The van der Waals surface area contributed by atoms with Gasteiger partial charge in [-0.25, -0.2) is 0 Å². The molecule has 1 fully saturated rings. The summed E-state index contributed by atoms with van der Waals surface area (Å²) >= 11 is 0. The number of carbonyl (C=O) groups excluding carboxylic acids is 2. The lowest BCUT2D eigenvalue weighted by molar-refractivity contribution is -0.153. The smallest absolute Gasteiger partial charge is 0.311 e. The third kappa shape index (κ3) is 5.21. The van der Waals surface area contributed by atoms with E-state index in [4.69, 9.17) is 9.47 Å². The molecule has 0 radical (unpaired) electrons. The van der Waals surface area contributed by atoms with E-state index >= 15 is 0 Å². The van der Waals surface area contributed by atoms with Crippen LogP contribution in [0.15, 0.2) is 18.2 Å². The molecule has 27 heavy (non-hydrogen) atoms. The Balaban J connectivity index is 1.84. The first-order valence-corrected chi connectivity index (χ1v) is 9.10. The van der Waals surface area contributed by atoms with Gasteiger partial charge in [0.2, 0.25) is 5.91 Å². The van der Waals surface area contributed by atoms with Crippen molar-refractivity contribution in [1.29, 1.82) is 0 Å². The third-order valence-electron chi connectivity index (χ3n) is 4.93. The summed E-state index contributed by atoms with van der Waals surface area (Å²) < 4.78 is 10.9. The fraction of sp³-hybridized carbons (Fsp3) is 0.550. The van der Waals surface area contributed by atoms with Crippen LogP contribution in [0.1, 0.15) is 49.9 Å². The lowest BCUT2D eigenvalue weighted by atomic mass is 9.82. The van der Waals surface area contributed by atoms with Gasteiger partial charge in [0.05, 0.1) is 19.1 Å². The SMILES string of the molecule is COc1cc(C(C)=O)ccc1OCCCC(=O)N1CCCC(C)(C(=O)O)C1. The van der Waals surface area contributed by atoms with Crippen molar-refractivity contribution in [3.8, 4) is 11.5 Å². The second-order valence-corrected chi connectivity index (χ2v) is 7.16. The average molecular weight is 377 g/mol. The maximum Gasteiger partial charge on any atom is 0.311 e. The summed E-state index contributed by atoms with van der Waals surface area (Å²) in [6, 6.07) is 4.98. The fourth-order valence-corrected chi connectivity index (χ4v) is 3.20. The number of ether oxygens (including phenoxy) is 2. The number of Topliss-reactive ketones (excluding diaryl/α,β-unsaturated/α-hetero) is 1. The van der Waals surface area contributed by atoms with Crippen LogP contribution in [0, 0.1) is 5.41 Å². The van der Waals surface area contributed by atoms with Crippen molar-refractivity contribution in [3.63, 3.8) is 0 Å². The molecule has 1 aromatic carbocycles. The number of hydrogen-bond donors (Lipinski definition) is 1. The lowest BCUT2D eigenvalue weighted by Crippen LogP contribution is -2.48. The highest BCUT2D eigenvalue weighted by molar-refractivity contribution is 5.94. The molecule has 7 heteroatoms. The van der Waals surface area contributed by atoms with Crippen LogP contribution in [-0.4, -0.2) is 54.5 Å². The molecule has 0 saturated carbocycles. The highest BCUT2D eigenvalue weighted by Crippen LogP contribution is 2.30. The van der Waals surface area contributed by atoms with Crippen LogP contribution in [0.25, 0.3) is 0 Å². The lowest BCUT2D eigenvalue weighted by Gasteiger charge is -2.37. The quantitative estimate of drug-likeness (QED) is 0.553. The number of amides is 1. The number of aliphatic carboxylic acids is 1. The molecule has 1 aliphatic rings. The predicted octanol–water partition coefficient (Wildman–Crippen LogP) is 2.77. The van der Waals surface area contributed by atoms with Gasteiger partial charge >= 0.3 is 5.97 Å². The monoisotopic (exact) mass is 377 g/mol. The third-order valence-corrected chi connectivity index (χ3v) is 4.93. The van der Waals surface area contributed by atoms with Gasteiger partial charge in [0.25, 0.3) is 0 Å². The van der Waals surface area contributed by atoms with Crippen LogP contribution in [-0.2, 0) is 9.59 Å². The first kappa shape index (κ1) is 20.7. The van der Waals surface area contributed by atoms with Gasteiger partial charge in [-0.3, -0.25) is 14.4 Å². The van der Waals surface area contributed by atoms with E-state index in [0.717, 1.165) is 0 Å². The second kappa shape index (κ2) is 8.88. The molecule has 1 N–H and O–H groups in total. The van der Waals surface area contributed by atoms with Gasteiger partial charge in [-0.2, -0.15) is 0 Å². The number of piperidine rings is 1. The number of carbonyl (C=O) groups is 3. The molecular formula is C20H27NO6. The van der Waals surface area contributed by atoms with Crippen LogP contribution in [0.3, 0.4) is 0 Å². The van der Waals surface area contributed by atoms with Crippen molar-refractivity contribution >= 4 is 17.7 Å². The van der Waals surface area contributed by atoms with Gasteiger partial charge in [-0.1, -0.05) is 0 Å². The maximum absolute atomic E-state index is 12.4. The normalized spacial score (nSPS) is 19.4. The van der Waals surface area contributed by atoms with Crippen LogP contribution >= 0.6 is 0 Å². The summed E-state index contributed by atoms with van der Waals surface area (Å²) in [4.78, 5) is 36.8. The topological polar surface area (TPSA) is 93.1 Å². The van der Waals surface area contributed by atoms with E-state index in [1.165, 1.54) is 14.0 Å². The summed E-state index contributed by atoms with van der Waals surface area (Å²) in [6.45, 7) is 4.35. The van der Waals surface area contributed by atoms with Gasteiger partial charge in [0, 0.05) is 25.1 Å². The molecule has 1 aromatic rings. The minimum atomic E-state index is -0.865. The standard InChI is InChI=1S/C20H27NO6/c1-14(22)15-7-8-16(17(12-15)26-3)27-11-4-6-18(23)21-10-5-9-20(2,13-21)19(24)25/h7-8,12H,4-6,9-11,13H2,1-3H3,(H,24,25). The number of rotatable bonds is 8. The van der Waals surface area contributed by atoms with Crippen LogP contribution in [0.5, 0.6) is 11.5 Å². The zero-order valence-electron chi connectivity index (χ0n) is 16.1. The zero-order chi connectivity index (χ0) is 20.0. The Labute approximate surface area is 159 Å². The number of likely N-dealkylation sites (tertiary alicyclic amines) is 1. The second-order valence-electron chi connectivity index (χ2n) is 7.16. The summed E-state index contributed by atoms with van der Waals surface area (Å²) in [7, 11) is 1.51. The van der Waals surface area contributed by atoms with Crippen LogP contribution in [0.4, 0.5) is 0 Å². The molecule has 1 unspecified atom stereocenters. The Hall–Kier alpha value is -2.57. The molecule has 1 saturated heterocycles. The van der Waals surface area contributed by atoms with E-state index in [2.05, 4.69) is 0 Å². The van der Waals surface area contributed by atoms with E-state index < -0.39 is 11.4 Å². The predicted molar refractivity (Wildman–Crippen MR) is 99.3 cm³/mol. The zero-order valence-corrected chi connectivity index (χ0v) is 16.1. The molecular weight excluding hydrogens is 350 g/mol. The summed E-state index contributed by atoms with van der Waals surface area (Å²) in [5, 5.41) is 9.35. The van der Waals surface area contributed by atoms with E-state index in [9.17, 15) is 19.5 Å². The maximum atomic E-state index is 12.4. The molecule has 0 aromatic heterocycles. The van der Waals surface area contributed by atoms with Crippen molar-refractivity contribution in [2.45, 2.75) is 39.5 Å². The first-order valence-electron chi connectivity index (χ1n) is 9.10. The number of carboxylic acid groups (broad SMARTS) is 1. The number of ketones is 1. The highest BCUT2D eigenvalue weighted by atomic mass is 16.5. The summed E-state index contributed by atoms with van der Waals surface area (Å²) in [5.74, 6) is 0.0306. The molecule has 1 heterocycles. The van der Waals surface area contributed by atoms with E-state index in [1.54, 1.807) is 30.0 Å². The molecule has 2 rings (SSSR count). The first-order chi connectivity index (χ1) is 12.8. The van der Waals surface area contributed by atoms with Crippen LogP contribution < -0.4 is 9.47 Å². The van der Waals surface area contributed by atoms with E-state index in [0.29, 0.717) is 55.9 Å². The Morgan fingerprint density at radius 1 is 1.26 bits per heavy atom. The molecule has 1 atom stereocenters. The molecule has 7 nitrogen and oxygen atoms in total. The Morgan fingerprint density at radius 2 is 2.00 bits per heavy atom. The van der Waals surface area contributed by atoms with Gasteiger partial charge in [-0.15, -0.1) is 0 Å². The number of carboxylic acids is 1. The largest absolute Gasteiger partial charge is 0.493 e. The number of methoxy groups -OCH3 is 1. The van der Waals surface area contributed by atoms with E-state index in [1.807, 2.05) is 0 Å². The minimum absolute atomic E-state index is 0.0512. The Kier molecular flexibility index (Phi) is 6.82. The molecule has 0 aliphatic carbocycles. The van der Waals surface area contributed by atoms with Crippen molar-refractivity contribution < 1.29 is 29.0 Å². The van der Waals surface area contributed by atoms with Crippen molar-refractivity contribution in [3.05, 3.63) is 23.8 Å². The van der Waals surface area contributed by atoms with Gasteiger partial charge in [-0.05, 0) is 51.3 Å². The van der Waals surface area contributed by atoms with Crippen molar-refractivity contribution in [2.75, 3.05) is 26.8 Å². The Bertz CT molecular complexity index is 716. The van der Waals surface area contributed by atoms with Gasteiger partial charge in [0.15, 0.2) is 17.3 Å². The molecule has 0 bridgehead atoms. The number of nitrogens with zero attached hydrogens (tertiary/aromatic N) is 1. The number of hydrogen-bond acceptors (Lipinski definition) is 5. The average Bonchev–Trinajstić information content (AvgIpc) is 2.64. The van der Waals surface area contributed by atoms with E-state index in [-0.39, 0.29) is 18.2 Å². The van der Waals surface area contributed by atoms with Crippen molar-refractivity contribution in [1.82, 2.24) is 4.90 Å². The fourth-order valence-electron chi connectivity index (χ4n) is 3.20. The summed E-state index contributed by atoms with van der Waals surface area (Å²) in [5.41, 5.74) is -0.322.